The van der Waals surface area contributed by atoms with Crippen LogP contribution in [0, 0.1) is 0 Å². The summed E-state index contributed by atoms with van der Waals surface area (Å²) in [5.74, 6) is 0.245. The number of hydrogen-bond acceptors (Lipinski definition) is 6. The van der Waals surface area contributed by atoms with Crippen molar-refractivity contribution in [3.8, 4) is 11.3 Å². The molecule has 2 heterocycles. The lowest BCUT2D eigenvalue weighted by atomic mass is 9.85. The molecule has 0 saturated carbocycles. The molecule has 0 spiro atoms. The second-order valence-corrected chi connectivity index (χ2v) is 11.3. The number of carbonyl (C=O) groups is 1. The van der Waals surface area contributed by atoms with E-state index in [4.69, 9.17) is 0 Å². The van der Waals surface area contributed by atoms with Crippen LogP contribution >= 0.6 is 0 Å². The first kappa shape index (κ1) is 23.4. The molecular formula is C25H27N5O3S. The number of amides is 1. The number of fused-ring (bicyclic) bond motifs is 1. The zero-order valence-corrected chi connectivity index (χ0v) is 20.6. The van der Waals surface area contributed by atoms with E-state index >= 15 is 0 Å². The molecule has 34 heavy (non-hydrogen) atoms. The fourth-order valence-electron chi connectivity index (χ4n) is 3.75. The highest BCUT2D eigenvalue weighted by Crippen LogP contribution is 2.32. The Bertz CT molecular complexity index is 1480. The Morgan fingerprint density at radius 1 is 1.00 bits per heavy atom. The van der Waals surface area contributed by atoms with Crippen LogP contribution in [0.2, 0.25) is 0 Å². The van der Waals surface area contributed by atoms with Gasteiger partial charge in [-0.2, -0.15) is 0 Å². The Morgan fingerprint density at radius 3 is 2.32 bits per heavy atom. The van der Waals surface area contributed by atoms with Gasteiger partial charge in [-0.3, -0.25) is 4.79 Å². The molecule has 0 fully saturated rings. The Hall–Kier alpha value is -3.72. The van der Waals surface area contributed by atoms with Gasteiger partial charge in [0.15, 0.2) is 9.84 Å². The second kappa shape index (κ2) is 8.57. The van der Waals surface area contributed by atoms with Crippen molar-refractivity contribution in [2.24, 2.45) is 0 Å². The number of anilines is 3. The molecule has 1 amide bonds. The number of aromatic nitrogens is 3. The topological polar surface area (TPSA) is 105 Å². The molecule has 0 aliphatic carbocycles. The van der Waals surface area contributed by atoms with E-state index in [1.165, 1.54) is 13.2 Å². The molecule has 0 atom stereocenters. The zero-order valence-electron chi connectivity index (χ0n) is 19.7. The first-order valence-corrected chi connectivity index (χ1v) is 12.7. The molecule has 9 heteroatoms. The number of carbonyl (C=O) groups excluding carboxylic acids is 1. The largest absolute Gasteiger partial charge is 0.326 e. The molecule has 2 aromatic carbocycles. The van der Waals surface area contributed by atoms with Crippen LogP contribution in [0.4, 0.5) is 17.3 Å². The smallest absolute Gasteiger partial charge is 0.245 e. The molecule has 0 unspecified atom stereocenters. The number of hydrogen-bond donors (Lipinski definition) is 2. The molecule has 4 rings (SSSR count). The normalized spacial score (nSPS) is 12.0. The van der Waals surface area contributed by atoms with E-state index in [0.717, 1.165) is 33.7 Å². The summed E-state index contributed by atoms with van der Waals surface area (Å²) < 4.78 is 25.3. The molecule has 2 aromatic heterocycles. The maximum atomic E-state index is 11.8. The van der Waals surface area contributed by atoms with Crippen LogP contribution in [0.1, 0.15) is 33.3 Å². The molecule has 0 radical (unpaired) electrons. The molecule has 2 N–H and O–H groups in total. The van der Waals surface area contributed by atoms with E-state index in [2.05, 4.69) is 41.5 Å². The molecule has 0 bridgehead atoms. The summed E-state index contributed by atoms with van der Waals surface area (Å²) in [4.78, 5) is 16.4. The summed E-state index contributed by atoms with van der Waals surface area (Å²) in [7, 11) is -3.26. The maximum Gasteiger partial charge on any atom is 0.245 e. The van der Waals surface area contributed by atoms with Gasteiger partial charge in [-0.05, 0) is 47.4 Å². The molecule has 4 aromatic rings. The average molecular weight is 478 g/mol. The summed E-state index contributed by atoms with van der Waals surface area (Å²) in [5.41, 5.74) is 4.80. The van der Waals surface area contributed by atoms with Crippen molar-refractivity contribution in [1.82, 2.24) is 14.6 Å². The van der Waals surface area contributed by atoms with Crippen LogP contribution in [0.25, 0.3) is 16.8 Å². The lowest BCUT2D eigenvalue weighted by molar-refractivity contribution is -0.114. The van der Waals surface area contributed by atoms with Crippen molar-refractivity contribution < 1.29 is 13.2 Å². The fourth-order valence-corrected chi connectivity index (χ4v) is 4.38. The third-order valence-electron chi connectivity index (χ3n) is 5.37. The van der Waals surface area contributed by atoms with Crippen molar-refractivity contribution >= 4 is 38.6 Å². The van der Waals surface area contributed by atoms with Gasteiger partial charge in [-0.25, -0.2) is 17.9 Å². The fraction of sp³-hybridized carbons (Fsp3) is 0.240. The third kappa shape index (κ3) is 4.94. The summed E-state index contributed by atoms with van der Waals surface area (Å²) in [6.07, 6.45) is 2.90. The number of sulfone groups is 1. The molecule has 0 aliphatic heterocycles. The highest BCUT2D eigenvalue weighted by atomic mass is 32.2. The Labute approximate surface area is 199 Å². The van der Waals surface area contributed by atoms with Crippen LogP contribution in [-0.2, 0) is 20.0 Å². The minimum absolute atomic E-state index is 0.140. The van der Waals surface area contributed by atoms with Gasteiger partial charge in [0, 0.05) is 30.1 Å². The molecule has 176 valence electrons. The molecule has 8 nitrogen and oxygen atoms in total. The summed E-state index contributed by atoms with van der Waals surface area (Å²) in [6.45, 7) is 7.76. The van der Waals surface area contributed by atoms with Crippen molar-refractivity contribution in [3.63, 3.8) is 0 Å². The summed E-state index contributed by atoms with van der Waals surface area (Å²) >= 11 is 0. The van der Waals surface area contributed by atoms with Crippen LogP contribution < -0.4 is 10.6 Å². The minimum Gasteiger partial charge on any atom is -0.326 e. The van der Waals surface area contributed by atoms with Crippen molar-refractivity contribution in [1.29, 1.82) is 0 Å². The van der Waals surface area contributed by atoms with Crippen molar-refractivity contribution in [2.75, 3.05) is 16.9 Å². The minimum atomic E-state index is -3.26. The number of nitrogens with zero attached hydrogens (tertiary/aromatic N) is 3. The molecular weight excluding hydrogens is 450 g/mol. The Balaban J connectivity index is 1.68. The van der Waals surface area contributed by atoms with E-state index in [1.54, 1.807) is 35.0 Å². The predicted molar refractivity (Wildman–Crippen MR) is 134 cm³/mol. The van der Waals surface area contributed by atoms with E-state index in [1.807, 2.05) is 30.3 Å². The van der Waals surface area contributed by atoms with Gasteiger partial charge in [-0.15, -0.1) is 5.10 Å². The van der Waals surface area contributed by atoms with Crippen LogP contribution in [0.5, 0.6) is 0 Å². The second-order valence-electron chi connectivity index (χ2n) is 9.25. The van der Waals surface area contributed by atoms with Gasteiger partial charge in [-0.1, -0.05) is 39.0 Å². The van der Waals surface area contributed by atoms with Gasteiger partial charge in [0.05, 0.1) is 22.3 Å². The number of rotatable bonds is 5. The lowest BCUT2D eigenvalue weighted by Crippen LogP contribution is -2.17. The number of nitrogens with one attached hydrogen (secondary N) is 2. The summed E-state index contributed by atoms with van der Waals surface area (Å²) in [6, 6.07) is 16.3. The van der Waals surface area contributed by atoms with E-state index in [-0.39, 0.29) is 16.2 Å². The lowest BCUT2D eigenvalue weighted by Gasteiger charge is -2.23. The number of benzene rings is 2. The first-order chi connectivity index (χ1) is 15.9. The van der Waals surface area contributed by atoms with Crippen molar-refractivity contribution in [3.05, 3.63) is 66.4 Å². The van der Waals surface area contributed by atoms with Crippen LogP contribution in [-0.4, -0.2) is 35.2 Å². The quantitative estimate of drug-likeness (QED) is 0.428. The molecule has 0 aliphatic rings. The van der Waals surface area contributed by atoms with E-state index in [0.29, 0.717) is 5.95 Å². The molecule has 0 saturated heterocycles. The van der Waals surface area contributed by atoms with Gasteiger partial charge in [0.2, 0.25) is 11.9 Å². The van der Waals surface area contributed by atoms with E-state index in [9.17, 15) is 13.2 Å². The van der Waals surface area contributed by atoms with Crippen LogP contribution in [0.15, 0.2) is 65.7 Å². The maximum absolute atomic E-state index is 11.8. The van der Waals surface area contributed by atoms with Gasteiger partial charge in [0.25, 0.3) is 0 Å². The monoisotopic (exact) mass is 477 g/mol. The third-order valence-corrected chi connectivity index (χ3v) is 6.50. The standard InChI is InChI=1S/C25H27N5O3S/c1-16(31)27-22-14-18(8-12-21(22)25(2,3)4)28-24-26-15-19-9-13-23(30(19)29-24)17-6-10-20(11-7-17)34(5,32)33/h6-15H,1-5H3,(H,27,31)(H,28,29). The zero-order chi connectivity index (χ0) is 24.7. The van der Waals surface area contributed by atoms with Crippen LogP contribution in [0.3, 0.4) is 0 Å². The average Bonchev–Trinajstić information content (AvgIpc) is 3.15. The van der Waals surface area contributed by atoms with Gasteiger partial charge >= 0.3 is 0 Å². The van der Waals surface area contributed by atoms with Gasteiger partial charge < -0.3 is 10.6 Å². The first-order valence-electron chi connectivity index (χ1n) is 10.8. The predicted octanol–water partition coefficient (Wildman–Crippen LogP) is 4.80. The van der Waals surface area contributed by atoms with Gasteiger partial charge in [0.1, 0.15) is 0 Å². The SMILES string of the molecule is CC(=O)Nc1cc(Nc2ncc3ccc(-c4ccc(S(C)(=O)=O)cc4)n3n2)ccc1C(C)(C)C. The highest BCUT2D eigenvalue weighted by molar-refractivity contribution is 7.90. The Morgan fingerprint density at radius 2 is 1.71 bits per heavy atom. The highest BCUT2D eigenvalue weighted by Gasteiger charge is 2.19. The Kier molecular flexibility index (Phi) is 5.91. The summed E-state index contributed by atoms with van der Waals surface area (Å²) in [5, 5.41) is 10.8. The van der Waals surface area contributed by atoms with E-state index < -0.39 is 9.84 Å². The van der Waals surface area contributed by atoms with Crippen molar-refractivity contribution in [2.45, 2.75) is 38.0 Å².